The summed E-state index contributed by atoms with van der Waals surface area (Å²) in [6.45, 7) is 6.02. The van der Waals surface area contributed by atoms with Gasteiger partial charge in [-0.3, -0.25) is 9.48 Å². The molecule has 1 unspecified atom stereocenters. The Morgan fingerprint density at radius 3 is 2.68 bits per heavy atom. The molecule has 1 aliphatic rings. The molecule has 1 atom stereocenters. The zero-order valence-electron chi connectivity index (χ0n) is 17.3. The third-order valence-electron chi connectivity index (χ3n) is 5.25. The van der Waals surface area contributed by atoms with Crippen molar-refractivity contribution in [3.05, 3.63) is 52.6 Å². The van der Waals surface area contributed by atoms with Gasteiger partial charge < -0.3 is 10.2 Å². The molecule has 0 saturated carbocycles. The summed E-state index contributed by atoms with van der Waals surface area (Å²) in [4.78, 5) is 14.3. The molecule has 152 valence electrons. The Morgan fingerprint density at radius 1 is 1.32 bits per heavy atom. The van der Waals surface area contributed by atoms with Crippen LogP contribution in [0.3, 0.4) is 0 Å². The smallest absolute Gasteiger partial charge is 0.274 e. The van der Waals surface area contributed by atoms with Gasteiger partial charge in [0.1, 0.15) is 5.82 Å². The zero-order chi connectivity index (χ0) is 20.3. The molecule has 1 aliphatic carbocycles. The molecule has 1 aromatic carbocycles. The third-order valence-corrected chi connectivity index (χ3v) is 5.25. The lowest BCUT2D eigenvalue weighted by Crippen LogP contribution is -2.36. The second-order valence-electron chi connectivity index (χ2n) is 8.32. The van der Waals surface area contributed by atoms with E-state index in [-0.39, 0.29) is 11.7 Å². The number of rotatable bonds is 7. The lowest BCUT2D eigenvalue weighted by atomic mass is 9.91. The Hall–Kier alpha value is -2.21. The zero-order valence-corrected chi connectivity index (χ0v) is 17.3. The maximum absolute atomic E-state index is 13.0. The van der Waals surface area contributed by atoms with Crippen LogP contribution in [0.2, 0.25) is 0 Å². The van der Waals surface area contributed by atoms with E-state index in [4.69, 9.17) is 0 Å². The molecule has 3 rings (SSSR count). The normalized spacial score (nSPS) is 16.3. The predicted octanol–water partition coefficient (Wildman–Crippen LogP) is 3.07. The summed E-state index contributed by atoms with van der Waals surface area (Å²) in [5.41, 5.74) is 4.05. The topological polar surface area (TPSA) is 50.2 Å². The highest BCUT2D eigenvalue weighted by Gasteiger charge is 2.29. The molecule has 6 heteroatoms. The molecule has 0 fully saturated rings. The number of hydrogen-bond donors (Lipinski definition) is 1. The van der Waals surface area contributed by atoms with Crippen molar-refractivity contribution < 1.29 is 9.18 Å². The van der Waals surface area contributed by atoms with Gasteiger partial charge in [-0.2, -0.15) is 5.10 Å². The fraction of sp³-hybridized carbons (Fsp3) is 0.545. The van der Waals surface area contributed by atoms with E-state index >= 15 is 0 Å². The average Bonchev–Trinajstić information content (AvgIpc) is 2.99. The van der Waals surface area contributed by atoms with Gasteiger partial charge in [0.25, 0.3) is 5.91 Å². The Balaban J connectivity index is 1.69. The van der Waals surface area contributed by atoms with Gasteiger partial charge in [-0.15, -0.1) is 0 Å². The van der Waals surface area contributed by atoms with Crippen LogP contribution < -0.4 is 5.32 Å². The number of halogens is 1. The lowest BCUT2D eigenvalue weighted by Gasteiger charge is -2.25. The van der Waals surface area contributed by atoms with Crippen molar-refractivity contribution in [1.29, 1.82) is 0 Å². The number of carbonyl (C=O) groups excluding carboxylic acids is 1. The summed E-state index contributed by atoms with van der Waals surface area (Å²) in [5.74, 6) is 0.261. The number of nitrogens with one attached hydrogen (secondary N) is 1. The quantitative estimate of drug-likeness (QED) is 0.796. The van der Waals surface area contributed by atoms with Crippen LogP contribution in [0.1, 0.15) is 47.6 Å². The van der Waals surface area contributed by atoms with E-state index in [0.717, 1.165) is 49.9 Å². The van der Waals surface area contributed by atoms with Gasteiger partial charge in [-0.1, -0.05) is 26.0 Å². The maximum atomic E-state index is 13.0. The molecule has 1 N–H and O–H groups in total. The molecular formula is C22H31FN4O. The van der Waals surface area contributed by atoms with Gasteiger partial charge in [-0.25, -0.2) is 4.39 Å². The molecule has 0 saturated heterocycles. The van der Waals surface area contributed by atoms with Crippen LogP contribution in [-0.4, -0.2) is 47.3 Å². The highest BCUT2D eigenvalue weighted by molar-refractivity contribution is 5.93. The van der Waals surface area contributed by atoms with Gasteiger partial charge in [0.05, 0.1) is 0 Å². The number of carbonyl (C=O) groups is 1. The summed E-state index contributed by atoms with van der Waals surface area (Å²) in [6, 6.07) is 7.01. The van der Waals surface area contributed by atoms with E-state index < -0.39 is 0 Å². The molecule has 0 bridgehead atoms. The second-order valence-corrected chi connectivity index (χ2v) is 8.32. The van der Waals surface area contributed by atoms with Crippen LogP contribution in [0.4, 0.5) is 4.39 Å². The van der Waals surface area contributed by atoms with Crippen molar-refractivity contribution in [2.45, 2.75) is 52.1 Å². The standard InChI is InChI=1S/C22H31FN4O/c1-15(2)14-27-20-10-9-18(13-19(20)21(25-27)22(28)26(3)4)24-12-11-16-5-7-17(23)8-6-16/h5-8,15,18,24H,9-14H2,1-4H3. The minimum absolute atomic E-state index is 0.0225. The van der Waals surface area contributed by atoms with E-state index in [1.54, 1.807) is 19.0 Å². The Labute approximate surface area is 166 Å². The first-order chi connectivity index (χ1) is 13.3. The van der Waals surface area contributed by atoms with Gasteiger partial charge in [-0.05, 0) is 55.8 Å². The van der Waals surface area contributed by atoms with Gasteiger partial charge in [0.2, 0.25) is 0 Å². The van der Waals surface area contributed by atoms with Crippen LogP contribution in [0.25, 0.3) is 0 Å². The van der Waals surface area contributed by atoms with E-state index in [2.05, 4.69) is 24.3 Å². The number of amides is 1. The maximum Gasteiger partial charge on any atom is 0.274 e. The molecule has 0 spiro atoms. The van der Waals surface area contributed by atoms with Crippen LogP contribution in [0, 0.1) is 11.7 Å². The Morgan fingerprint density at radius 2 is 2.04 bits per heavy atom. The molecular weight excluding hydrogens is 355 g/mol. The Bertz CT molecular complexity index is 811. The van der Waals surface area contributed by atoms with Crippen LogP contribution in [0.15, 0.2) is 24.3 Å². The minimum atomic E-state index is -0.201. The summed E-state index contributed by atoms with van der Waals surface area (Å²) in [7, 11) is 3.55. The fourth-order valence-electron chi connectivity index (χ4n) is 3.81. The molecule has 0 radical (unpaired) electrons. The fourth-order valence-corrected chi connectivity index (χ4v) is 3.81. The van der Waals surface area contributed by atoms with Crippen molar-refractivity contribution in [2.24, 2.45) is 5.92 Å². The summed E-state index contributed by atoms with van der Waals surface area (Å²) >= 11 is 0. The van der Waals surface area contributed by atoms with Crippen LogP contribution in [-0.2, 0) is 25.8 Å². The highest BCUT2D eigenvalue weighted by Crippen LogP contribution is 2.26. The number of fused-ring (bicyclic) bond motifs is 1. The number of aromatic nitrogens is 2. The van der Waals surface area contributed by atoms with Gasteiger partial charge >= 0.3 is 0 Å². The molecule has 0 aliphatic heterocycles. The number of hydrogen-bond acceptors (Lipinski definition) is 3. The number of nitrogens with zero attached hydrogens (tertiary/aromatic N) is 3. The highest BCUT2D eigenvalue weighted by atomic mass is 19.1. The molecule has 1 amide bonds. The van der Waals surface area contributed by atoms with E-state index in [1.807, 2.05) is 16.8 Å². The van der Waals surface area contributed by atoms with E-state index in [0.29, 0.717) is 17.7 Å². The number of benzene rings is 1. The SMILES string of the molecule is CC(C)Cn1nc(C(=O)N(C)C)c2c1CCC(NCCc1ccc(F)cc1)C2. The third kappa shape index (κ3) is 4.79. The summed E-state index contributed by atoms with van der Waals surface area (Å²) in [6.07, 6.45) is 3.66. The van der Waals surface area contributed by atoms with Crippen molar-refractivity contribution in [3.8, 4) is 0 Å². The van der Waals surface area contributed by atoms with Crippen molar-refractivity contribution in [1.82, 2.24) is 20.0 Å². The first-order valence-corrected chi connectivity index (χ1v) is 10.1. The Kier molecular flexibility index (Phi) is 6.50. The van der Waals surface area contributed by atoms with Gasteiger partial charge in [0.15, 0.2) is 5.69 Å². The molecule has 1 aromatic heterocycles. The van der Waals surface area contributed by atoms with Crippen LogP contribution >= 0.6 is 0 Å². The van der Waals surface area contributed by atoms with Crippen molar-refractivity contribution >= 4 is 5.91 Å². The molecule has 28 heavy (non-hydrogen) atoms. The lowest BCUT2D eigenvalue weighted by molar-refractivity contribution is 0.0819. The predicted molar refractivity (Wildman–Crippen MR) is 109 cm³/mol. The monoisotopic (exact) mass is 386 g/mol. The van der Waals surface area contributed by atoms with E-state index in [1.165, 1.54) is 17.8 Å². The summed E-state index contributed by atoms with van der Waals surface area (Å²) in [5, 5.41) is 8.30. The second kappa shape index (κ2) is 8.86. The largest absolute Gasteiger partial charge is 0.343 e. The van der Waals surface area contributed by atoms with E-state index in [9.17, 15) is 9.18 Å². The molecule has 2 aromatic rings. The molecule has 1 heterocycles. The first kappa shape index (κ1) is 20.5. The van der Waals surface area contributed by atoms with Gasteiger partial charge in [0, 0.05) is 37.9 Å². The van der Waals surface area contributed by atoms with Crippen molar-refractivity contribution in [2.75, 3.05) is 20.6 Å². The minimum Gasteiger partial charge on any atom is -0.343 e. The summed E-state index contributed by atoms with van der Waals surface area (Å²) < 4.78 is 15.1. The van der Waals surface area contributed by atoms with Crippen molar-refractivity contribution in [3.63, 3.8) is 0 Å². The first-order valence-electron chi connectivity index (χ1n) is 10.1. The molecule has 5 nitrogen and oxygen atoms in total. The average molecular weight is 387 g/mol. The van der Waals surface area contributed by atoms with Crippen LogP contribution in [0.5, 0.6) is 0 Å².